The average molecular weight is 421 g/mol. The lowest BCUT2D eigenvalue weighted by Gasteiger charge is -2.20. The number of nitrogens with one attached hydrogen (secondary N) is 1. The van der Waals surface area contributed by atoms with E-state index in [4.69, 9.17) is 14.7 Å². The Morgan fingerprint density at radius 2 is 2.00 bits per heavy atom. The van der Waals surface area contributed by atoms with Gasteiger partial charge in [0.15, 0.2) is 6.10 Å². The van der Waals surface area contributed by atoms with Crippen LogP contribution in [-0.4, -0.2) is 37.5 Å². The molecule has 8 heteroatoms. The van der Waals surface area contributed by atoms with Gasteiger partial charge in [0.1, 0.15) is 11.8 Å². The molecule has 0 saturated carbocycles. The van der Waals surface area contributed by atoms with Crippen LogP contribution in [0.25, 0.3) is 0 Å². The number of benzene rings is 2. The van der Waals surface area contributed by atoms with Crippen molar-refractivity contribution in [1.29, 1.82) is 5.26 Å². The van der Waals surface area contributed by atoms with Crippen molar-refractivity contribution in [2.45, 2.75) is 26.4 Å². The third kappa shape index (κ3) is 4.83. The van der Waals surface area contributed by atoms with E-state index < -0.39 is 23.9 Å². The first-order valence-electron chi connectivity index (χ1n) is 9.79. The van der Waals surface area contributed by atoms with Crippen LogP contribution in [0.5, 0.6) is 5.75 Å². The van der Waals surface area contributed by atoms with Crippen molar-refractivity contribution in [3.63, 3.8) is 0 Å². The van der Waals surface area contributed by atoms with Gasteiger partial charge in [-0.2, -0.15) is 5.26 Å². The minimum Gasteiger partial charge on any atom is -0.495 e. The first-order chi connectivity index (χ1) is 14.8. The van der Waals surface area contributed by atoms with Crippen molar-refractivity contribution in [3.8, 4) is 11.8 Å². The number of para-hydroxylation sites is 1. The summed E-state index contributed by atoms with van der Waals surface area (Å²) >= 11 is 0. The van der Waals surface area contributed by atoms with Crippen molar-refractivity contribution >= 4 is 29.2 Å². The van der Waals surface area contributed by atoms with Gasteiger partial charge in [-0.1, -0.05) is 18.2 Å². The number of nitriles is 1. The van der Waals surface area contributed by atoms with E-state index in [1.807, 2.05) is 25.1 Å². The van der Waals surface area contributed by atoms with Crippen LogP contribution in [0.1, 0.15) is 24.5 Å². The van der Waals surface area contributed by atoms with Gasteiger partial charge in [0.2, 0.25) is 5.91 Å². The highest BCUT2D eigenvalue weighted by molar-refractivity contribution is 6.01. The second-order valence-electron chi connectivity index (χ2n) is 7.31. The van der Waals surface area contributed by atoms with Crippen molar-refractivity contribution in [2.75, 3.05) is 23.9 Å². The normalized spacial score (nSPS) is 16.4. The van der Waals surface area contributed by atoms with E-state index in [9.17, 15) is 14.4 Å². The van der Waals surface area contributed by atoms with Crippen LogP contribution in [0.4, 0.5) is 11.4 Å². The Balaban J connectivity index is 1.65. The number of amides is 2. The molecular weight excluding hydrogens is 398 g/mol. The smallest absolute Gasteiger partial charge is 0.312 e. The summed E-state index contributed by atoms with van der Waals surface area (Å²) in [4.78, 5) is 39.1. The monoisotopic (exact) mass is 421 g/mol. The number of esters is 1. The molecule has 1 aliphatic rings. The van der Waals surface area contributed by atoms with Crippen molar-refractivity contribution in [3.05, 3.63) is 53.6 Å². The summed E-state index contributed by atoms with van der Waals surface area (Å²) in [5.41, 5.74) is 2.20. The molecule has 0 spiro atoms. The van der Waals surface area contributed by atoms with Crippen LogP contribution in [0.15, 0.2) is 42.5 Å². The molecule has 0 radical (unpaired) electrons. The maximum absolute atomic E-state index is 12.6. The Morgan fingerprint density at radius 3 is 2.71 bits per heavy atom. The van der Waals surface area contributed by atoms with Gasteiger partial charge >= 0.3 is 5.97 Å². The van der Waals surface area contributed by atoms with Crippen LogP contribution in [-0.2, 0) is 19.1 Å². The number of aryl methyl sites for hydroxylation is 1. The zero-order chi connectivity index (χ0) is 22.5. The standard InChI is InChI=1S/C23H23N3O5/c1-14-8-9-20(30-3)19(10-14)26-13-17(11-21(26)27)23(29)31-15(2)22(28)25-18-7-5-4-6-16(18)12-24/h4-10,15,17H,11,13H2,1-3H3,(H,25,28)/t15-,17+/m0/s1. The number of methoxy groups -OCH3 is 1. The zero-order valence-corrected chi connectivity index (χ0v) is 17.5. The van der Waals surface area contributed by atoms with Crippen LogP contribution in [0, 0.1) is 24.2 Å². The number of hydrogen-bond donors (Lipinski definition) is 1. The summed E-state index contributed by atoms with van der Waals surface area (Å²) in [6.45, 7) is 3.49. The average Bonchev–Trinajstić information content (AvgIpc) is 3.15. The number of ether oxygens (including phenoxy) is 2. The number of carbonyl (C=O) groups excluding carboxylic acids is 3. The molecule has 31 heavy (non-hydrogen) atoms. The van der Waals surface area contributed by atoms with Crippen molar-refractivity contribution < 1.29 is 23.9 Å². The van der Waals surface area contributed by atoms with Gasteiger partial charge in [-0.05, 0) is 43.7 Å². The predicted octanol–water partition coefficient (Wildman–Crippen LogP) is 2.80. The number of carbonyl (C=O) groups is 3. The van der Waals surface area contributed by atoms with Gasteiger partial charge in [-0.3, -0.25) is 14.4 Å². The summed E-state index contributed by atoms with van der Waals surface area (Å²) in [6, 6.07) is 14.0. The molecule has 0 aliphatic carbocycles. The zero-order valence-electron chi connectivity index (χ0n) is 17.5. The van der Waals surface area contributed by atoms with Crippen LogP contribution < -0.4 is 15.0 Å². The maximum atomic E-state index is 12.6. The molecule has 1 fully saturated rings. The van der Waals surface area contributed by atoms with E-state index >= 15 is 0 Å². The Hall–Kier alpha value is -3.86. The molecule has 0 unspecified atom stereocenters. The van der Waals surface area contributed by atoms with E-state index in [1.54, 1.807) is 30.3 Å². The molecule has 3 rings (SSSR count). The number of nitrogens with zero attached hydrogens (tertiary/aromatic N) is 2. The molecule has 1 aliphatic heterocycles. The third-order valence-corrected chi connectivity index (χ3v) is 5.05. The molecule has 2 aromatic carbocycles. The lowest BCUT2D eigenvalue weighted by molar-refractivity contribution is -0.157. The molecule has 160 valence electrons. The van der Waals surface area contributed by atoms with E-state index in [-0.39, 0.29) is 18.9 Å². The lowest BCUT2D eigenvalue weighted by atomic mass is 10.1. The number of anilines is 2. The third-order valence-electron chi connectivity index (χ3n) is 5.05. The Labute approximate surface area is 180 Å². The highest BCUT2D eigenvalue weighted by Crippen LogP contribution is 2.34. The van der Waals surface area contributed by atoms with Crippen LogP contribution in [0.2, 0.25) is 0 Å². The molecule has 8 nitrogen and oxygen atoms in total. The second kappa shape index (κ2) is 9.30. The molecule has 1 saturated heterocycles. The van der Waals surface area contributed by atoms with Gasteiger partial charge in [-0.15, -0.1) is 0 Å². The molecule has 1 N–H and O–H groups in total. The molecular formula is C23H23N3O5. The molecule has 1 heterocycles. The fraction of sp³-hybridized carbons (Fsp3) is 0.304. The molecule has 0 bridgehead atoms. The van der Waals surface area contributed by atoms with Crippen LogP contribution in [0.3, 0.4) is 0 Å². The summed E-state index contributed by atoms with van der Waals surface area (Å²) in [5.74, 6) is -1.56. The summed E-state index contributed by atoms with van der Waals surface area (Å²) in [5, 5.41) is 11.7. The van der Waals surface area contributed by atoms with Crippen molar-refractivity contribution in [1.82, 2.24) is 0 Å². The van der Waals surface area contributed by atoms with Gasteiger partial charge < -0.3 is 19.7 Å². The lowest BCUT2D eigenvalue weighted by Crippen LogP contribution is -2.33. The Kier molecular flexibility index (Phi) is 6.55. The first kappa shape index (κ1) is 21.8. The van der Waals surface area contributed by atoms with E-state index in [2.05, 4.69) is 5.32 Å². The fourth-order valence-corrected chi connectivity index (χ4v) is 3.36. The van der Waals surface area contributed by atoms with E-state index in [1.165, 1.54) is 18.9 Å². The van der Waals surface area contributed by atoms with E-state index in [0.717, 1.165) is 5.56 Å². The topological polar surface area (TPSA) is 109 Å². The van der Waals surface area contributed by atoms with Gasteiger partial charge in [0, 0.05) is 13.0 Å². The fourth-order valence-electron chi connectivity index (χ4n) is 3.36. The molecule has 2 aromatic rings. The molecule has 2 amide bonds. The number of rotatable bonds is 6. The largest absolute Gasteiger partial charge is 0.495 e. The molecule has 0 aromatic heterocycles. The predicted molar refractivity (Wildman–Crippen MR) is 114 cm³/mol. The first-order valence-corrected chi connectivity index (χ1v) is 9.79. The second-order valence-corrected chi connectivity index (χ2v) is 7.31. The Morgan fingerprint density at radius 1 is 1.26 bits per heavy atom. The summed E-state index contributed by atoms with van der Waals surface area (Å²) in [6.07, 6.45) is -1.10. The maximum Gasteiger partial charge on any atom is 0.312 e. The minimum absolute atomic E-state index is 0.0124. The highest BCUT2D eigenvalue weighted by atomic mass is 16.5. The summed E-state index contributed by atoms with van der Waals surface area (Å²) < 4.78 is 10.7. The number of hydrogen-bond acceptors (Lipinski definition) is 6. The van der Waals surface area contributed by atoms with Gasteiger partial charge in [0.25, 0.3) is 5.91 Å². The van der Waals surface area contributed by atoms with Gasteiger partial charge in [0.05, 0.1) is 30.0 Å². The quantitative estimate of drug-likeness (QED) is 0.719. The van der Waals surface area contributed by atoms with E-state index in [0.29, 0.717) is 22.7 Å². The highest BCUT2D eigenvalue weighted by Gasteiger charge is 2.38. The molecule has 2 atom stereocenters. The SMILES string of the molecule is COc1ccc(C)cc1N1C[C@H](C(=O)O[C@@H](C)C(=O)Nc2ccccc2C#N)CC1=O. The van der Waals surface area contributed by atoms with Gasteiger partial charge in [-0.25, -0.2) is 0 Å². The Bertz CT molecular complexity index is 1060. The van der Waals surface area contributed by atoms with Crippen LogP contribution >= 0.6 is 0 Å². The summed E-state index contributed by atoms with van der Waals surface area (Å²) in [7, 11) is 1.52. The van der Waals surface area contributed by atoms with Crippen molar-refractivity contribution in [2.24, 2.45) is 5.92 Å². The minimum atomic E-state index is -1.09.